The number of phenols is 2. The third-order valence-electron chi connectivity index (χ3n) is 4.51. The van der Waals surface area contributed by atoms with Crippen molar-refractivity contribution >= 4 is 12.2 Å². The van der Waals surface area contributed by atoms with Crippen molar-refractivity contribution < 1.29 is 10.2 Å². The van der Waals surface area contributed by atoms with Crippen molar-refractivity contribution in [2.45, 2.75) is 13.1 Å². The van der Waals surface area contributed by atoms with Crippen LogP contribution in [0, 0.1) is 0 Å². The predicted octanol–water partition coefficient (Wildman–Crippen LogP) is 3.76. The van der Waals surface area contributed by atoms with Crippen LogP contribution in [0.4, 0.5) is 0 Å². The fraction of sp³-hybridized carbons (Fsp3) is 0.0909. The molecule has 2 heterocycles. The molecule has 140 valence electrons. The Morgan fingerprint density at radius 3 is 1.54 bits per heavy atom. The van der Waals surface area contributed by atoms with Crippen LogP contribution in [-0.2, 0) is 13.1 Å². The molecule has 0 aliphatic heterocycles. The number of imidazole rings is 2. The van der Waals surface area contributed by atoms with E-state index in [1.54, 1.807) is 37.2 Å². The normalized spacial score (nSPS) is 11.3. The van der Waals surface area contributed by atoms with E-state index in [0.717, 1.165) is 22.3 Å². The number of benzene rings is 2. The Morgan fingerprint density at radius 2 is 1.18 bits per heavy atom. The average molecular weight is 372 g/mol. The highest BCUT2D eigenvalue weighted by atomic mass is 16.3. The molecule has 0 unspecified atom stereocenters. The zero-order valence-corrected chi connectivity index (χ0v) is 15.2. The van der Waals surface area contributed by atoms with Gasteiger partial charge in [0.2, 0.25) is 0 Å². The van der Waals surface area contributed by atoms with E-state index in [2.05, 4.69) is 9.97 Å². The van der Waals surface area contributed by atoms with E-state index in [-0.39, 0.29) is 11.5 Å². The number of hydrogen-bond acceptors (Lipinski definition) is 4. The number of aromatic hydroxyl groups is 2. The standard InChI is InChI=1S/C22H20N4O2/c27-21-11-17(3-5-19(21)13-25-9-7-23-15-25)1-2-18-4-6-20(22(28)12-18)14-26-10-8-24-16-26/h1-12,15-16,27-28H,13-14H2. The lowest BCUT2D eigenvalue weighted by Crippen LogP contribution is -1.97. The van der Waals surface area contributed by atoms with E-state index < -0.39 is 0 Å². The largest absolute Gasteiger partial charge is 0.508 e. The fourth-order valence-corrected chi connectivity index (χ4v) is 2.98. The number of phenolic OH excluding ortho intramolecular Hbond substituents is 2. The highest BCUT2D eigenvalue weighted by molar-refractivity contribution is 5.71. The summed E-state index contributed by atoms with van der Waals surface area (Å²) in [7, 11) is 0. The minimum atomic E-state index is 0.245. The van der Waals surface area contributed by atoms with Crippen LogP contribution in [0.15, 0.2) is 73.8 Å². The molecule has 0 atom stereocenters. The second-order valence-corrected chi connectivity index (χ2v) is 6.58. The minimum absolute atomic E-state index is 0.245. The molecule has 0 radical (unpaired) electrons. The Bertz CT molecular complexity index is 996. The van der Waals surface area contributed by atoms with Crippen LogP contribution < -0.4 is 0 Å². The zero-order valence-electron chi connectivity index (χ0n) is 15.2. The second-order valence-electron chi connectivity index (χ2n) is 6.58. The van der Waals surface area contributed by atoms with Gasteiger partial charge < -0.3 is 19.3 Å². The van der Waals surface area contributed by atoms with Crippen LogP contribution >= 0.6 is 0 Å². The highest BCUT2D eigenvalue weighted by Crippen LogP contribution is 2.23. The van der Waals surface area contributed by atoms with Gasteiger partial charge in [-0.05, 0) is 23.3 Å². The Balaban J connectivity index is 1.46. The topological polar surface area (TPSA) is 76.1 Å². The van der Waals surface area contributed by atoms with Gasteiger partial charge in [-0.1, -0.05) is 36.4 Å². The molecule has 6 heteroatoms. The predicted molar refractivity (Wildman–Crippen MR) is 108 cm³/mol. The second kappa shape index (κ2) is 7.84. The van der Waals surface area contributed by atoms with E-state index in [0.29, 0.717) is 13.1 Å². The fourth-order valence-electron chi connectivity index (χ4n) is 2.98. The van der Waals surface area contributed by atoms with E-state index >= 15 is 0 Å². The summed E-state index contributed by atoms with van der Waals surface area (Å²) in [6.45, 7) is 1.14. The van der Waals surface area contributed by atoms with Gasteiger partial charge in [0.25, 0.3) is 0 Å². The lowest BCUT2D eigenvalue weighted by molar-refractivity contribution is 0.465. The average Bonchev–Trinajstić information content (AvgIpc) is 3.38. The maximum absolute atomic E-state index is 10.3. The minimum Gasteiger partial charge on any atom is -0.508 e. The van der Waals surface area contributed by atoms with Crippen molar-refractivity contribution in [2.75, 3.05) is 0 Å². The molecule has 2 N–H and O–H groups in total. The molecule has 0 aliphatic rings. The van der Waals surface area contributed by atoms with Gasteiger partial charge in [0, 0.05) is 35.9 Å². The number of nitrogens with zero attached hydrogens (tertiary/aromatic N) is 4. The molecule has 0 saturated carbocycles. The first-order chi connectivity index (χ1) is 13.7. The molecule has 2 aromatic carbocycles. The van der Waals surface area contributed by atoms with Gasteiger partial charge in [-0.2, -0.15) is 0 Å². The van der Waals surface area contributed by atoms with Crippen molar-refractivity contribution in [3.05, 3.63) is 96.1 Å². The zero-order chi connectivity index (χ0) is 19.3. The van der Waals surface area contributed by atoms with Gasteiger partial charge in [0.1, 0.15) is 11.5 Å². The SMILES string of the molecule is Oc1cc(C=Cc2ccc(Cn3ccnc3)c(O)c2)ccc1Cn1ccnc1. The molecule has 0 aliphatic carbocycles. The van der Waals surface area contributed by atoms with E-state index in [1.165, 1.54) is 0 Å². The van der Waals surface area contributed by atoms with E-state index in [4.69, 9.17) is 0 Å². The molecule has 0 fully saturated rings. The number of rotatable bonds is 6. The first-order valence-corrected chi connectivity index (χ1v) is 8.91. The third-order valence-corrected chi connectivity index (χ3v) is 4.51. The van der Waals surface area contributed by atoms with Crippen LogP contribution in [0.3, 0.4) is 0 Å². The molecule has 0 amide bonds. The van der Waals surface area contributed by atoms with Gasteiger partial charge >= 0.3 is 0 Å². The lowest BCUT2D eigenvalue weighted by Gasteiger charge is -2.07. The molecule has 0 saturated heterocycles. The molecular weight excluding hydrogens is 352 g/mol. The highest BCUT2D eigenvalue weighted by Gasteiger charge is 2.04. The molecule has 6 nitrogen and oxygen atoms in total. The van der Waals surface area contributed by atoms with E-state index in [1.807, 2.05) is 57.9 Å². The van der Waals surface area contributed by atoms with Gasteiger partial charge in [-0.3, -0.25) is 0 Å². The van der Waals surface area contributed by atoms with Crippen molar-refractivity contribution in [1.82, 2.24) is 19.1 Å². The molecule has 0 spiro atoms. The Morgan fingerprint density at radius 1 is 0.714 bits per heavy atom. The van der Waals surface area contributed by atoms with Gasteiger partial charge in [0.15, 0.2) is 0 Å². The monoisotopic (exact) mass is 372 g/mol. The lowest BCUT2D eigenvalue weighted by atomic mass is 10.1. The summed E-state index contributed by atoms with van der Waals surface area (Å²) in [5.74, 6) is 0.490. The number of aromatic nitrogens is 4. The molecular formula is C22H20N4O2. The van der Waals surface area contributed by atoms with Gasteiger partial charge in [-0.25, -0.2) is 9.97 Å². The number of hydrogen-bond donors (Lipinski definition) is 2. The first-order valence-electron chi connectivity index (χ1n) is 8.91. The molecule has 4 rings (SSSR count). The van der Waals surface area contributed by atoms with Crippen molar-refractivity contribution in [2.24, 2.45) is 0 Å². The molecule has 0 bridgehead atoms. The first kappa shape index (κ1) is 17.6. The summed E-state index contributed by atoms with van der Waals surface area (Å²) in [5.41, 5.74) is 3.43. The maximum atomic E-state index is 10.3. The summed E-state index contributed by atoms with van der Waals surface area (Å²) in [4.78, 5) is 8.02. The summed E-state index contributed by atoms with van der Waals surface area (Å²) < 4.78 is 3.80. The Kier molecular flexibility index (Phi) is 4.93. The third kappa shape index (κ3) is 4.12. The van der Waals surface area contributed by atoms with Gasteiger partial charge in [-0.15, -0.1) is 0 Å². The summed E-state index contributed by atoms with van der Waals surface area (Å²) in [6.07, 6.45) is 14.4. The molecule has 2 aromatic heterocycles. The van der Waals surface area contributed by atoms with Crippen LogP contribution in [0.1, 0.15) is 22.3 Å². The Hall–Kier alpha value is -3.80. The van der Waals surface area contributed by atoms with Crippen LogP contribution in [0.2, 0.25) is 0 Å². The van der Waals surface area contributed by atoms with E-state index in [9.17, 15) is 10.2 Å². The van der Waals surface area contributed by atoms with Crippen molar-refractivity contribution in [3.8, 4) is 11.5 Å². The quantitative estimate of drug-likeness (QED) is 0.505. The summed E-state index contributed by atoms with van der Waals surface area (Å²) in [6, 6.07) is 11.2. The van der Waals surface area contributed by atoms with Crippen LogP contribution in [-0.4, -0.2) is 29.3 Å². The van der Waals surface area contributed by atoms with Crippen LogP contribution in [0.25, 0.3) is 12.2 Å². The maximum Gasteiger partial charge on any atom is 0.121 e. The smallest absolute Gasteiger partial charge is 0.121 e. The van der Waals surface area contributed by atoms with Crippen LogP contribution in [0.5, 0.6) is 11.5 Å². The van der Waals surface area contributed by atoms with Crippen molar-refractivity contribution in [3.63, 3.8) is 0 Å². The Labute approximate surface area is 162 Å². The molecule has 4 aromatic rings. The molecule has 28 heavy (non-hydrogen) atoms. The van der Waals surface area contributed by atoms with Crippen molar-refractivity contribution in [1.29, 1.82) is 0 Å². The van der Waals surface area contributed by atoms with Gasteiger partial charge in [0.05, 0.1) is 25.7 Å². The summed E-state index contributed by atoms with van der Waals surface area (Å²) in [5, 5.41) is 20.6. The summed E-state index contributed by atoms with van der Waals surface area (Å²) >= 11 is 0.